The standard InChI is InChI=1S/C20H19F4NO6S/c21-13-1-7-17(20(22,23)24)12(9-13)11-31-15-3-5-16(6-4-15)32(29,30)25-10-14(26)2-8-18(25)19(27)28/h1,3-7,9,14,18,26H,2,8,10-11H2,(H,27,28). The second-order valence-electron chi connectivity index (χ2n) is 7.22. The summed E-state index contributed by atoms with van der Waals surface area (Å²) in [5.41, 5.74) is -1.48. The van der Waals surface area contributed by atoms with E-state index in [-0.39, 0.29) is 30.0 Å². The van der Waals surface area contributed by atoms with Crippen molar-refractivity contribution >= 4 is 16.0 Å². The molecule has 2 unspecified atom stereocenters. The average molecular weight is 477 g/mol. The van der Waals surface area contributed by atoms with E-state index in [4.69, 9.17) is 4.74 Å². The van der Waals surface area contributed by atoms with Crippen molar-refractivity contribution < 1.29 is 45.7 Å². The summed E-state index contributed by atoms with van der Waals surface area (Å²) < 4.78 is 84.3. The number of aliphatic hydroxyl groups excluding tert-OH is 1. The number of aliphatic carboxylic acids is 1. The molecule has 0 bridgehead atoms. The predicted octanol–water partition coefficient (Wildman–Crippen LogP) is 3.02. The third-order valence-corrected chi connectivity index (χ3v) is 6.88. The van der Waals surface area contributed by atoms with E-state index in [0.29, 0.717) is 22.5 Å². The molecule has 2 atom stereocenters. The number of aliphatic hydroxyl groups is 1. The minimum atomic E-state index is -4.70. The number of β-amino-alcohol motifs (C(OH)–C–C–N with tert-alkyl or cyclic N) is 1. The van der Waals surface area contributed by atoms with Gasteiger partial charge in [0.2, 0.25) is 10.0 Å². The fourth-order valence-electron chi connectivity index (χ4n) is 3.40. The average Bonchev–Trinajstić information content (AvgIpc) is 2.71. The molecule has 1 aliphatic rings. The minimum absolute atomic E-state index is 0.0230. The number of ether oxygens (including phenoxy) is 1. The van der Waals surface area contributed by atoms with Gasteiger partial charge in [-0.15, -0.1) is 0 Å². The highest BCUT2D eigenvalue weighted by molar-refractivity contribution is 7.89. The first-order chi connectivity index (χ1) is 14.9. The summed E-state index contributed by atoms with van der Waals surface area (Å²) in [5, 5.41) is 19.1. The van der Waals surface area contributed by atoms with Gasteiger partial charge in [0, 0.05) is 12.1 Å². The molecule has 0 aromatic heterocycles. The van der Waals surface area contributed by atoms with Gasteiger partial charge in [-0.25, -0.2) is 12.8 Å². The van der Waals surface area contributed by atoms with Gasteiger partial charge in [-0.05, 0) is 55.3 Å². The van der Waals surface area contributed by atoms with Crippen molar-refractivity contribution in [3.05, 3.63) is 59.4 Å². The number of hydrogen-bond acceptors (Lipinski definition) is 5. The fourth-order valence-corrected chi connectivity index (χ4v) is 5.05. The summed E-state index contributed by atoms with van der Waals surface area (Å²) in [6.07, 6.45) is -5.61. The van der Waals surface area contributed by atoms with Crippen LogP contribution in [0.25, 0.3) is 0 Å². The number of hydrogen-bond donors (Lipinski definition) is 2. The maximum absolute atomic E-state index is 13.4. The number of piperidine rings is 1. The van der Waals surface area contributed by atoms with Gasteiger partial charge in [0.1, 0.15) is 24.2 Å². The lowest BCUT2D eigenvalue weighted by Crippen LogP contribution is -2.51. The van der Waals surface area contributed by atoms with Crippen LogP contribution >= 0.6 is 0 Å². The van der Waals surface area contributed by atoms with E-state index in [1.54, 1.807) is 0 Å². The largest absolute Gasteiger partial charge is 0.489 e. The van der Waals surface area contributed by atoms with Gasteiger partial charge in [0.15, 0.2) is 0 Å². The van der Waals surface area contributed by atoms with Crippen LogP contribution in [0.1, 0.15) is 24.0 Å². The lowest BCUT2D eigenvalue weighted by Gasteiger charge is -2.34. The van der Waals surface area contributed by atoms with Gasteiger partial charge in [-0.1, -0.05) is 0 Å². The summed E-state index contributed by atoms with van der Waals surface area (Å²) in [6, 6.07) is 5.28. The van der Waals surface area contributed by atoms with Crippen molar-refractivity contribution in [3.63, 3.8) is 0 Å². The van der Waals surface area contributed by atoms with Crippen LogP contribution in [0.15, 0.2) is 47.4 Å². The number of benzene rings is 2. The van der Waals surface area contributed by atoms with Crippen LogP contribution in [0, 0.1) is 5.82 Å². The summed E-state index contributed by atoms with van der Waals surface area (Å²) in [6.45, 7) is -0.991. The molecular formula is C20H19F4NO6S. The molecular weight excluding hydrogens is 458 g/mol. The maximum atomic E-state index is 13.4. The van der Waals surface area contributed by atoms with E-state index in [0.717, 1.165) is 12.1 Å². The number of halogens is 4. The maximum Gasteiger partial charge on any atom is 0.416 e. The molecule has 0 aliphatic carbocycles. The second-order valence-corrected chi connectivity index (χ2v) is 9.11. The van der Waals surface area contributed by atoms with E-state index >= 15 is 0 Å². The second kappa shape index (κ2) is 9.04. The molecule has 2 aromatic carbocycles. The molecule has 2 aromatic rings. The molecule has 1 heterocycles. The first-order valence-corrected chi connectivity index (χ1v) is 10.8. The van der Waals surface area contributed by atoms with Gasteiger partial charge in [0.25, 0.3) is 0 Å². The van der Waals surface area contributed by atoms with Crippen molar-refractivity contribution in [2.45, 2.75) is 42.7 Å². The zero-order valence-corrected chi connectivity index (χ0v) is 17.2. The Labute approximate surface area is 180 Å². The molecule has 0 amide bonds. The quantitative estimate of drug-likeness (QED) is 0.620. The summed E-state index contributed by atoms with van der Waals surface area (Å²) in [7, 11) is -4.27. The van der Waals surface area contributed by atoms with Crippen LogP contribution < -0.4 is 4.74 Å². The lowest BCUT2D eigenvalue weighted by atomic mass is 10.0. The van der Waals surface area contributed by atoms with Crippen LogP contribution in [0.4, 0.5) is 17.6 Å². The molecule has 1 saturated heterocycles. The molecule has 1 aliphatic heterocycles. The lowest BCUT2D eigenvalue weighted by molar-refractivity contribution is -0.143. The van der Waals surface area contributed by atoms with Crippen LogP contribution in [0.3, 0.4) is 0 Å². The summed E-state index contributed by atoms with van der Waals surface area (Å²) >= 11 is 0. The monoisotopic (exact) mass is 477 g/mol. The van der Waals surface area contributed by atoms with Crippen LogP contribution in [-0.2, 0) is 27.6 Å². The molecule has 0 saturated carbocycles. The number of carboxylic acids is 1. The fraction of sp³-hybridized carbons (Fsp3) is 0.350. The first-order valence-electron chi connectivity index (χ1n) is 9.41. The van der Waals surface area contributed by atoms with Crippen molar-refractivity contribution in [3.8, 4) is 5.75 Å². The molecule has 12 heteroatoms. The van der Waals surface area contributed by atoms with Gasteiger partial charge >= 0.3 is 12.1 Å². The van der Waals surface area contributed by atoms with Crippen molar-refractivity contribution in [2.24, 2.45) is 0 Å². The molecule has 0 radical (unpaired) electrons. The third-order valence-electron chi connectivity index (χ3n) is 4.99. The summed E-state index contributed by atoms with van der Waals surface area (Å²) in [4.78, 5) is 11.2. The van der Waals surface area contributed by atoms with Crippen LogP contribution in [0.2, 0.25) is 0 Å². The Kier molecular flexibility index (Phi) is 6.77. The number of carbonyl (C=O) groups is 1. The highest BCUT2D eigenvalue weighted by Gasteiger charge is 2.40. The summed E-state index contributed by atoms with van der Waals surface area (Å²) in [5.74, 6) is -2.18. The van der Waals surface area contributed by atoms with Gasteiger partial charge in [-0.2, -0.15) is 17.5 Å². The van der Waals surface area contributed by atoms with Crippen LogP contribution in [-0.4, -0.2) is 47.6 Å². The highest BCUT2D eigenvalue weighted by atomic mass is 32.2. The van der Waals surface area contributed by atoms with Gasteiger partial charge in [-0.3, -0.25) is 4.79 Å². The molecule has 3 rings (SSSR count). The minimum Gasteiger partial charge on any atom is -0.489 e. The van der Waals surface area contributed by atoms with E-state index in [1.807, 2.05) is 0 Å². The highest BCUT2D eigenvalue weighted by Crippen LogP contribution is 2.33. The number of sulfonamides is 1. The SMILES string of the molecule is O=C(O)C1CCC(O)CN1S(=O)(=O)c1ccc(OCc2cc(F)ccc2C(F)(F)F)cc1. The molecule has 1 fully saturated rings. The van der Waals surface area contributed by atoms with Crippen molar-refractivity contribution in [1.29, 1.82) is 0 Å². The Balaban J connectivity index is 1.78. The van der Waals surface area contributed by atoms with Gasteiger partial charge in [0.05, 0.1) is 16.6 Å². The Morgan fingerprint density at radius 1 is 1.12 bits per heavy atom. The first kappa shape index (κ1) is 24.0. The Morgan fingerprint density at radius 2 is 1.78 bits per heavy atom. The third kappa shape index (κ3) is 5.19. The Morgan fingerprint density at radius 3 is 2.38 bits per heavy atom. The Bertz CT molecular complexity index is 1090. The Hall–Kier alpha value is -2.70. The zero-order valence-electron chi connectivity index (χ0n) is 16.4. The zero-order chi connectivity index (χ0) is 23.7. The topological polar surface area (TPSA) is 104 Å². The molecule has 0 spiro atoms. The molecule has 32 heavy (non-hydrogen) atoms. The number of alkyl halides is 3. The predicted molar refractivity (Wildman–Crippen MR) is 103 cm³/mol. The molecule has 7 nitrogen and oxygen atoms in total. The smallest absolute Gasteiger partial charge is 0.416 e. The molecule has 2 N–H and O–H groups in total. The van der Waals surface area contributed by atoms with Crippen LogP contribution in [0.5, 0.6) is 5.75 Å². The van der Waals surface area contributed by atoms with Crippen molar-refractivity contribution in [1.82, 2.24) is 4.31 Å². The van der Waals surface area contributed by atoms with E-state index in [2.05, 4.69) is 0 Å². The molecule has 174 valence electrons. The van der Waals surface area contributed by atoms with E-state index in [9.17, 15) is 41.0 Å². The number of rotatable bonds is 6. The normalized spacial score (nSPS) is 20.2. The van der Waals surface area contributed by atoms with Gasteiger partial charge < -0.3 is 14.9 Å². The number of carboxylic acid groups (broad SMARTS) is 1. The number of nitrogens with zero attached hydrogens (tertiary/aromatic N) is 1. The van der Waals surface area contributed by atoms with Crippen molar-refractivity contribution in [2.75, 3.05) is 6.54 Å². The van der Waals surface area contributed by atoms with E-state index < -0.39 is 57.9 Å². The van der Waals surface area contributed by atoms with E-state index in [1.165, 1.54) is 12.1 Å².